The number of nitrogen functional groups attached to an aromatic ring is 1. The molecule has 0 bridgehead atoms. The third kappa shape index (κ3) is 3.08. The number of rotatable bonds is 5. The number of hydrogen-bond donors (Lipinski definition) is 1. The summed E-state index contributed by atoms with van der Waals surface area (Å²) in [7, 11) is -3.52. The summed E-state index contributed by atoms with van der Waals surface area (Å²) in [6.07, 6.45) is 1.79. The average molecular weight is 343 g/mol. The molecule has 0 radical (unpaired) electrons. The van der Waals surface area contributed by atoms with Crippen molar-refractivity contribution in [3.05, 3.63) is 46.3 Å². The van der Waals surface area contributed by atoms with Crippen molar-refractivity contribution in [1.82, 2.24) is 4.31 Å². The molecule has 0 unspecified atom stereocenters. The first-order valence-electron chi connectivity index (χ1n) is 6.59. The second-order valence-electron chi connectivity index (χ2n) is 5.04. The molecular formula is C14H15ClN2O2S2. The van der Waals surface area contributed by atoms with Crippen molar-refractivity contribution in [2.75, 3.05) is 5.73 Å². The first-order valence-corrected chi connectivity index (χ1v) is 9.22. The van der Waals surface area contributed by atoms with Crippen LogP contribution >= 0.6 is 22.9 Å². The van der Waals surface area contributed by atoms with Crippen molar-refractivity contribution in [2.24, 2.45) is 0 Å². The largest absolute Gasteiger partial charge is 0.398 e. The number of halogens is 1. The van der Waals surface area contributed by atoms with E-state index in [-0.39, 0.29) is 10.3 Å². The molecule has 1 heterocycles. The number of hydrogen-bond acceptors (Lipinski definition) is 4. The zero-order valence-electron chi connectivity index (χ0n) is 11.2. The van der Waals surface area contributed by atoms with E-state index >= 15 is 0 Å². The molecule has 0 spiro atoms. The molecule has 1 saturated carbocycles. The second-order valence-corrected chi connectivity index (χ2v) is 8.87. The van der Waals surface area contributed by atoms with Crippen molar-refractivity contribution in [1.29, 1.82) is 0 Å². The van der Waals surface area contributed by atoms with E-state index in [2.05, 4.69) is 0 Å². The summed E-state index contributed by atoms with van der Waals surface area (Å²) in [6.45, 7) is 0.301. The maximum atomic E-state index is 12.8. The fourth-order valence-electron chi connectivity index (χ4n) is 2.17. The van der Waals surface area contributed by atoms with Crippen molar-refractivity contribution >= 4 is 38.6 Å². The number of para-hydroxylation sites is 1. The minimum Gasteiger partial charge on any atom is -0.398 e. The highest BCUT2D eigenvalue weighted by atomic mass is 35.5. The quantitative estimate of drug-likeness (QED) is 0.847. The van der Waals surface area contributed by atoms with Crippen LogP contribution in [0.3, 0.4) is 0 Å². The van der Waals surface area contributed by atoms with Crippen molar-refractivity contribution in [3.63, 3.8) is 0 Å². The molecule has 1 aliphatic rings. The summed E-state index contributed by atoms with van der Waals surface area (Å²) < 4.78 is 27.9. The Balaban J connectivity index is 1.94. The second kappa shape index (κ2) is 5.61. The molecule has 112 valence electrons. The maximum Gasteiger partial charge on any atom is 0.253 e. The van der Waals surface area contributed by atoms with Gasteiger partial charge in [-0.25, -0.2) is 8.42 Å². The van der Waals surface area contributed by atoms with E-state index in [1.54, 1.807) is 22.5 Å². The standard InChI is InChI=1S/C14H15ClN2O2S2/c15-13-7-8-14(20-13)21(18,19)17(11-5-6-11)9-10-3-1-2-4-12(10)16/h1-4,7-8,11H,5-6,9,16H2. The van der Waals surface area contributed by atoms with Gasteiger partial charge < -0.3 is 5.73 Å². The van der Waals surface area contributed by atoms with Gasteiger partial charge in [0.05, 0.1) is 4.34 Å². The van der Waals surface area contributed by atoms with Gasteiger partial charge in [0.15, 0.2) is 0 Å². The molecule has 0 saturated heterocycles. The molecule has 3 rings (SSSR count). The van der Waals surface area contributed by atoms with Gasteiger partial charge in [-0.1, -0.05) is 29.8 Å². The van der Waals surface area contributed by atoms with Crippen LogP contribution in [-0.4, -0.2) is 18.8 Å². The van der Waals surface area contributed by atoms with Gasteiger partial charge in [-0.15, -0.1) is 11.3 Å². The molecule has 1 aromatic heterocycles. The topological polar surface area (TPSA) is 63.4 Å². The van der Waals surface area contributed by atoms with E-state index in [1.165, 1.54) is 0 Å². The summed E-state index contributed by atoms with van der Waals surface area (Å²) in [5.41, 5.74) is 7.38. The van der Waals surface area contributed by atoms with Crippen LogP contribution in [0.1, 0.15) is 18.4 Å². The molecule has 0 atom stereocenters. The highest BCUT2D eigenvalue weighted by Crippen LogP contribution is 2.36. The van der Waals surface area contributed by atoms with E-state index in [9.17, 15) is 8.42 Å². The van der Waals surface area contributed by atoms with Gasteiger partial charge in [0.2, 0.25) is 0 Å². The lowest BCUT2D eigenvalue weighted by molar-refractivity contribution is 0.400. The van der Waals surface area contributed by atoms with Gasteiger partial charge in [-0.3, -0.25) is 0 Å². The molecule has 1 aliphatic carbocycles. The fraction of sp³-hybridized carbons (Fsp3) is 0.286. The Morgan fingerprint density at radius 2 is 1.95 bits per heavy atom. The molecule has 21 heavy (non-hydrogen) atoms. The van der Waals surface area contributed by atoms with E-state index in [0.29, 0.717) is 16.6 Å². The lowest BCUT2D eigenvalue weighted by Crippen LogP contribution is -2.32. The first-order chi connectivity index (χ1) is 9.98. The van der Waals surface area contributed by atoms with Crippen molar-refractivity contribution < 1.29 is 8.42 Å². The van der Waals surface area contributed by atoms with Crippen LogP contribution in [0, 0.1) is 0 Å². The number of nitrogens with two attached hydrogens (primary N) is 1. The molecule has 0 aliphatic heterocycles. The van der Waals surface area contributed by atoms with Crippen LogP contribution in [0.5, 0.6) is 0 Å². The molecule has 2 aromatic rings. The minimum absolute atomic E-state index is 0.0653. The zero-order chi connectivity index (χ0) is 15.0. The molecule has 4 nitrogen and oxygen atoms in total. The van der Waals surface area contributed by atoms with E-state index in [1.807, 2.05) is 18.2 Å². The summed E-state index contributed by atoms with van der Waals surface area (Å²) in [6, 6.07) is 10.6. The van der Waals surface area contributed by atoms with Crippen molar-refractivity contribution in [3.8, 4) is 0 Å². The summed E-state index contributed by atoms with van der Waals surface area (Å²) >= 11 is 6.95. The van der Waals surface area contributed by atoms with Crippen molar-refractivity contribution in [2.45, 2.75) is 29.6 Å². The highest BCUT2D eigenvalue weighted by Gasteiger charge is 2.38. The van der Waals surface area contributed by atoms with Gasteiger partial charge in [0.25, 0.3) is 10.0 Å². The average Bonchev–Trinajstić information content (AvgIpc) is 3.18. The van der Waals surface area contributed by atoms with Crippen LogP contribution in [0.4, 0.5) is 5.69 Å². The van der Waals surface area contributed by atoms with Crippen LogP contribution in [0.25, 0.3) is 0 Å². The van der Waals surface area contributed by atoms with Gasteiger partial charge in [0, 0.05) is 18.3 Å². The minimum atomic E-state index is -3.52. The molecule has 7 heteroatoms. The first kappa shape index (κ1) is 14.8. The summed E-state index contributed by atoms with van der Waals surface area (Å²) in [4.78, 5) is 0. The highest BCUT2D eigenvalue weighted by molar-refractivity contribution is 7.91. The number of thiophene rings is 1. The maximum absolute atomic E-state index is 12.8. The van der Waals surface area contributed by atoms with Crippen LogP contribution in [0.2, 0.25) is 4.34 Å². The number of nitrogens with zero attached hydrogens (tertiary/aromatic N) is 1. The van der Waals surface area contributed by atoms with Gasteiger partial charge in [0.1, 0.15) is 4.21 Å². The Bertz CT molecular complexity index is 754. The summed E-state index contributed by atoms with van der Waals surface area (Å²) in [5.74, 6) is 0. The normalized spacial score (nSPS) is 15.5. The Hall–Kier alpha value is -1.08. The lowest BCUT2D eigenvalue weighted by Gasteiger charge is -2.21. The predicted molar refractivity (Wildman–Crippen MR) is 85.9 cm³/mol. The smallest absolute Gasteiger partial charge is 0.253 e. The molecule has 0 amide bonds. The van der Waals surface area contributed by atoms with Gasteiger partial charge in [-0.05, 0) is 36.6 Å². The molecule has 2 N–H and O–H groups in total. The zero-order valence-corrected chi connectivity index (χ0v) is 13.6. The van der Waals surface area contributed by atoms with E-state index < -0.39 is 10.0 Å². The Morgan fingerprint density at radius 1 is 1.24 bits per heavy atom. The SMILES string of the molecule is Nc1ccccc1CN(C1CC1)S(=O)(=O)c1ccc(Cl)s1. The summed E-state index contributed by atoms with van der Waals surface area (Å²) in [5, 5.41) is 0. The van der Waals surface area contributed by atoms with Crippen LogP contribution < -0.4 is 5.73 Å². The monoisotopic (exact) mass is 342 g/mol. The Kier molecular flexibility index (Phi) is 3.96. The Morgan fingerprint density at radius 3 is 2.52 bits per heavy atom. The van der Waals surface area contributed by atoms with E-state index in [4.69, 9.17) is 17.3 Å². The Labute approximate surface area is 133 Å². The number of anilines is 1. The molecular weight excluding hydrogens is 328 g/mol. The van der Waals surface area contributed by atoms with E-state index in [0.717, 1.165) is 29.7 Å². The number of benzene rings is 1. The fourth-order valence-corrected chi connectivity index (χ4v) is 5.45. The van der Waals surface area contributed by atoms with Crippen LogP contribution in [0.15, 0.2) is 40.6 Å². The van der Waals surface area contributed by atoms with Gasteiger partial charge >= 0.3 is 0 Å². The molecule has 1 aromatic carbocycles. The number of sulfonamides is 1. The van der Waals surface area contributed by atoms with Crippen LogP contribution in [-0.2, 0) is 16.6 Å². The third-order valence-electron chi connectivity index (χ3n) is 3.45. The lowest BCUT2D eigenvalue weighted by atomic mass is 10.2. The molecule has 1 fully saturated rings. The van der Waals surface area contributed by atoms with Gasteiger partial charge in [-0.2, -0.15) is 4.31 Å². The third-order valence-corrected chi connectivity index (χ3v) is 7.04. The predicted octanol–water partition coefficient (Wildman–Crippen LogP) is 3.34.